The van der Waals surface area contributed by atoms with Gasteiger partial charge >= 0.3 is 0 Å². The van der Waals surface area contributed by atoms with E-state index in [4.69, 9.17) is 4.74 Å². The predicted octanol–water partition coefficient (Wildman–Crippen LogP) is 2.41. The maximum absolute atomic E-state index is 5.67. The molecule has 1 N–H and O–H groups in total. The number of rotatable bonds is 6. The Bertz CT molecular complexity index is 394. The lowest BCUT2D eigenvalue weighted by Crippen LogP contribution is -2.36. The number of nitrogens with zero attached hydrogens (tertiary/aromatic N) is 1. The molecule has 19 heavy (non-hydrogen) atoms. The first-order chi connectivity index (χ1) is 9.22. The third kappa shape index (κ3) is 3.78. The fraction of sp³-hybridized carbons (Fsp3) is 0.625. The Kier molecular flexibility index (Phi) is 5.37. The van der Waals surface area contributed by atoms with Crippen molar-refractivity contribution >= 4 is 0 Å². The van der Waals surface area contributed by atoms with Crippen molar-refractivity contribution in [2.75, 3.05) is 20.2 Å². The van der Waals surface area contributed by atoms with Crippen LogP contribution in [0.2, 0.25) is 0 Å². The largest absolute Gasteiger partial charge is 0.377 e. The van der Waals surface area contributed by atoms with Gasteiger partial charge in [0.25, 0.3) is 0 Å². The molecule has 1 heterocycles. The topological polar surface area (TPSA) is 24.5 Å². The molecule has 1 saturated heterocycles. The summed E-state index contributed by atoms with van der Waals surface area (Å²) in [5.74, 6) is 0. The third-order valence-electron chi connectivity index (χ3n) is 4.01. The van der Waals surface area contributed by atoms with Gasteiger partial charge in [-0.3, -0.25) is 4.90 Å². The van der Waals surface area contributed by atoms with Gasteiger partial charge in [0.05, 0.1) is 6.10 Å². The van der Waals surface area contributed by atoms with E-state index in [0.717, 1.165) is 32.7 Å². The van der Waals surface area contributed by atoms with E-state index in [-0.39, 0.29) is 0 Å². The Hall–Kier alpha value is -0.900. The number of nitrogens with one attached hydrogen (secondary N) is 1. The molecule has 1 aromatic rings. The number of likely N-dealkylation sites (N-methyl/N-ethyl adjacent to an activating group) is 1. The molecule has 1 fully saturated rings. The van der Waals surface area contributed by atoms with Crippen LogP contribution in [-0.4, -0.2) is 37.2 Å². The van der Waals surface area contributed by atoms with Gasteiger partial charge in [-0.25, -0.2) is 0 Å². The fourth-order valence-corrected chi connectivity index (χ4v) is 2.83. The van der Waals surface area contributed by atoms with Gasteiger partial charge < -0.3 is 10.1 Å². The first kappa shape index (κ1) is 14.5. The maximum atomic E-state index is 5.67. The molecule has 2 rings (SSSR count). The molecule has 0 saturated carbocycles. The summed E-state index contributed by atoms with van der Waals surface area (Å²) in [5, 5.41) is 3.41. The van der Waals surface area contributed by atoms with Crippen molar-refractivity contribution in [3.05, 3.63) is 35.4 Å². The van der Waals surface area contributed by atoms with Gasteiger partial charge in [-0.15, -0.1) is 0 Å². The fourth-order valence-electron chi connectivity index (χ4n) is 2.83. The molecule has 0 amide bonds. The van der Waals surface area contributed by atoms with Crippen LogP contribution in [0.3, 0.4) is 0 Å². The molecular formula is C16H26N2O. The second-order valence-corrected chi connectivity index (χ2v) is 5.40. The zero-order valence-electron chi connectivity index (χ0n) is 12.4. The van der Waals surface area contributed by atoms with E-state index >= 15 is 0 Å². The summed E-state index contributed by atoms with van der Waals surface area (Å²) >= 11 is 0. The Balaban J connectivity index is 2.01. The monoisotopic (exact) mass is 262 g/mol. The van der Waals surface area contributed by atoms with Gasteiger partial charge in [-0.2, -0.15) is 0 Å². The van der Waals surface area contributed by atoms with E-state index in [1.165, 1.54) is 11.1 Å². The van der Waals surface area contributed by atoms with Crippen molar-refractivity contribution in [2.24, 2.45) is 0 Å². The summed E-state index contributed by atoms with van der Waals surface area (Å²) in [6, 6.07) is 9.27. The van der Waals surface area contributed by atoms with E-state index in [9.17, 15) is 0 Å². The van der Waals surface area contributed by atoms with Crippen molar-refractivity contribution in [3.63, 3.8) is 0 Å². The minimum Gasteiger partial charge on any atom is -0.377 e. The molecule has 0 radical (unpaired) electrons. The van der Waals surface area contributed by atoms with Crippen LogP contribution in [0.25, 0.3) is 0 Å². The van der Waals surface area contributed by atoms with Gasteiger partial charge in [0.2, 0.25) is 0 Å². The highest BCUT2D eigenvalue weighted by molar-refractivity contribution is 5.27. The molecule has 2 atom stereocenters. The first-order valence-electron chi connectivity index (χ1n) is 7.31. The minimum absolute atomic E-state index is 0.353. The van der Waals surface area contributed by atoms with E-state index in [1.54, 1.807) is 0 Å². The smallest absolute Gasteiger partial charge is 0.0703 e. The lowest BCUT2D eigenvalue weighted by Gasteiger charge is -2.27. The van der Waals surface area contributed by atoms with Crippen LogP contribution in [0.1, 0.15) is 31.4 Å². The zero-order chi connectivity index (χ0) is 13.7. The van der Waals surface area contributed by atoms with Crippen LogP contribution in [0.15, 0.2) is 24.3 Å². The molecular weight excluding hydrogens is 236 g/mol. The van der Waals surface area contributed by atoms with E-state index in [0.29, 0.717) is 12.1 Å². The maximum Gasteiger partial charge on any atom is 0.0703 e. The molecule has 0 spiro atoms. The average Bonchev–Trinajstić information content (AvgIpc) is 2.84. The van der Waals surface area contributed by atoms with Crippen molar-refractivity contribution < 1.29 is 4.74 Å². The molecule has 0 aliphatic carbocycles. The van der Waals surface area contributed by atoms with Gasteiger partial charge in [-0.05, 0) is 38.1 Å². The summed E-state index contributed by atoms with van der Waals surface area (Å²) in [5.41, 5.74) is 2.83. The Morgan fingerprint density at radius 1 is 1.32 bits per heavy atom. The van der Waals surface area contributed by atoms with E-state index in [2.05, 4.69) is 55.4 Å². The molecule has 1 aliphatic heterocycles. The lowest BCUT2D eigenvalue weighted by molar-refractivity contribution is 0.0813. The van der Waals surface area contributed by atoms with Crippen molar-refractivity contribution in [1.82, 2.24) is 10.2 Å². The highest BCUT2D eigenvalue weighted by Crippen LogP contribution is 2.21. The van der Waals surface area contributed by atoms with Gasteiger partial charge in [0.15, 0.2) is 0 Å². The molecule has 106 valence electrons. The van der Waals surface area contributed by atoms with Crippen LogP contribution >= 0.6 is 0 Å². The molecule has 3 nitrogen and oxygen atoms in total. The third-order valence-corrected chi connectivity index (χ3v) is 4.01. The SMILES string of the molecule is CCNCc1ccccc1CN(C)C1CCOC1C. The molecule has 1 aliphatic rings. The average molecular weight is 262 g/mol. The van der Waals surface area contributed by atoms with E-state index in [1.807, 2.05) is 0 Å². The van der Waals surface area contributed by atoms with Crippen molar-refractivity contribution in [2.45, 2.75) is 45.5 Å². The standard InChI is InChI=1S/C16H26N2O/c1-4-17-11-14-7-5-6-8-15(14)12-18(3)16-9-10-19-13(16)2/h5-8,13,16-17H,4,9-12H2,1-3H3. The van der Waals surface area contributed by atoms with Gasteiger partial charge in [0.1, 0.15) is 0 Å². The molecule has 0 bridgehead atoms. The molecule has 3 heteroatoms. The lowest BCUT2D eigenvalue weighted by atomic mass is 10.0. The minimum atomic E-state index is 0.353. The second kappa shape index (κ2) is 7.04. The van der Waals surface area contributed by atoms with E-state index < -0.39 is 0 Å². The summed E-state index contributed by atoms with van der Waals surface area (Å²) in [4.78, 5) is 2.43. The van der Waals surface area contributed by atoms with Gasteiger partial charge in [-0.1, -0.05) is 31.2 Å². The predicted molar refractivity (Wildman–Crippen MR) is 79.1 cm³/mol. The molecule has 1 aromatic carbocycles. The Morgan fingerprint density at radius 2 is 2.05 bits per heavy atom. The van der Waals surface area contributed by atoms with Crippen LogP contribution in [-0.2, 0) is 17.8 Å². The normalized spacial score (nSPS) is 23.2. The Morgan fingerprint density at radius 3 is 2.68 bits per heavy atom. The van der Waals surface area contributed by atoms with Gasteiger partial charge in [0, 0.05) is 25.7 Å². The number of ether oxygens (including phenoxy) is 1. The summed E-state index contributed by atoms with van der Waals surface area (Å²) in [6.45, 7) is 8.19. The highest BCUT2D eigenvalue weighted by Gasteiger charge is 2.27. The van der Waals surface area contributed by atoms with Crippen LogP contribution in [0.5, 0.6) is 0 Å². The number of hydrogen-bond acceptors (Lipinski definition) is 3. The molecule has 2 unspecified atom stereocenters. The highest BCUT2D eigenvalue weighted by atomic mass is 16.5. The van der Waals surface area contributed by atoms with Crippen molar-refractivity contribution in [1.29, 1.82) is 0 Å². The van der Waals surface area contributed by atoms with Crippen LogP contribution in [0.4, 0.5) is 0 Å². The number of benzene rings is 1. The summed E-state index contributed by atoms with van der Waals surface area (Å²) in [7, 11) is 2.21. The summed E-state index contributed by atoms with van der Waals surface area (Å²) in [6.07, 6.45) is 1.50. The number of hydrogen-bond donors (Lipinski definition) is 1. The zero-order valence-corrected chi connectivity index (χ0v) is 12.4. The second-order valence-electron chi connectivity index (χ2n) is 5.40. The van der Waals surface area contributed by atoms with Crippen LogP contribution < -0.4 is 5.32 Å². The van der Waals surface area contributed by atoms with Crippen LogP contribution in [0, 0.1) is 0 Å². The summed E-state index contributed by atoms with van der Waals surface area (Å²) < 4.78 is 5.67. The van der Waals surface area contributed by atoms with Crippen molar-refractivity contribution in [3.8, 4) is 0 Å². The Labute approximate surface area is 116 Å². The molecule has 0 aromatic heterocycles. The first-order valence-corrected chi connectivity index (χ1v) is 7.31. The quantitative estimate of drug-likeness (QED) is 0.852.